The third kappa shape index (κ3) is 4.95. The van der Waals surface area contributed by atoms with Crippen LogP contribution >= 0.6 is 0 Å². The molecule has 1 unspecified atom stereocenters. The van der Waals surface area contributed by atoms with Gasteiger partial charge in [0.05, 0.1) is 6.61 Å². The van der Waals surface area contributed by atoms with Gasteiger partial charge < -0.3 is 9.68 Å². The average Bonchev–Trinajstić information content (AvgIpc) is 2.67. The minimum atomic E-state index is -2.46. The molecule has 1 N–H and O–H groups in total. The van der Waals surface area contributed by atoms with Gasteiger partial charge in [0.1, 0.15) is 0 Å². The maximum absolute atomic E-state index is 12.5. The van der Waals surface area contributed by atoms with E-state index in [9.17, 15) is 9.11 Å². The fourth-order valence-electron chi connectivity index (χ4n) is 3.07. The van der Waals surface area contributed by atoms with Gasteiger partial charge in [-0.25, -0.2) is 0 Å². The summed E-state index contributed by atoms with van der Waals surface area (Å²) in [4.78, 5) is 12.4. The fourth-order valence-corrected chi connectivity index (χ4v) is 3.07. The molecule has 6 heteroatoms. The quantitative estimate of drug-likeness (QED) is 0.486. The van der Waals surface area contributed by atoms with E-state index in [-0.39, 0.29) is 23.7 Å². The normalized spacial score (nSPS) is 10.2. The monoisotopic (exact) mass is 426 g/mol. The molecule has 0 aromatic heterocycles. The molecule has 0 aliphatic rings. The Hall–Kier alpha value is -2.20. The first-order chi connectivity index (χ1) is 12.6. The van der Waals surface area contributed by atoms with Crippen LogP contribution in [-0.4, -0.2) is 42.8 Å². The van der Waals surface area contributed by atoms with Crippen LogP contribution in [-0.2, 0) is 4.65 Å². The number of hydrogen-bond acceptors (Lipinski definition) is 3. The second-order valence-corrected chi connectivity index (χ2v) is 5.92. The van der Waals surface area contributed by atoms with Gasteiger partial charge in [-0.05, 0) is 34.7 Å². The molecule has 0 saturated heterocycles. The predicted molar refractivity (Wildman–Crippen MR) is 111 cm³/mol. The topological polar surface area (TPSA) is 46.5 Å². The van der Waals surface area contributed by atoms with Crippen molar-refractivity contribution in [2.24, 2.45) is 0 Å². The van der Waals surface area contributed by atoms with Crippen molar-refractivity contribution in [3.8, 4) is 22.3 Å². The molecule has 3 aromatic carbocycles. The van der Waals surface area contributed by atoms with Crippen LogP contribution in [0.25, 0.3) is 22.3 Å². The molecule has 0 aliphatic heterocycles. The van der Waals surface area contributed by atoms with E-state index in [1.54, 1.807) is 6.07 Å². The molecule has 0 fully saturated rings. The fraction of sp³-hybridized carbons (Fsp3) is 0.0952. The summed E-state index contributed by atoms with van der Waals surface area (Å²) in [7, 11) is -2.46. The molecule has 3 aromatic rings. The zero-order valence-electron chi connectivity index (χ0n) is 15.1. The Kier molecular flexibility index (Phi) is 7.55. The molecule has 0 saturated carbocycles. The first-order valence-corrected chi connectivity index (χ1v) is 8.29. The maximum atomic E-state index is 12.5. The molecule has 0 radical (unpaired) electrons. The van der Waals surface area contributed by atoms with Gasteiger partial charge in [0.2, 0.25) is 0 Å². The predicted octanol–water partition coefficient (Wildman–Crippen LogP) is 3.29. The molecule has 1 atom stereocenters. The van der Waals surface area contributed by atoms with Crippen molar-refractivity contribution in [1.29, 1.82) is 0 Å². The summed E-state index contributed by atoms with van der Waals surface area (Å²) in [5, 5.41) is 8.60. The Morgan fingerprint density at radius 1 is 0.963 bits per heavy atom. The third-order valence-electron chi connectivity index (χ3n) is 4.26. The summed E-state index contributed by atoms with van der Waals surface area (Å²) in [6, 6.07) is 23.4. The second-order valence-electron chi connectivity index (χ2n) is 5.92. The Morgan fingerprint density at radius 2 is 1.52 bits per heavy atom. The summed E-state index contributed by atoms with van der Waals surface area (Å²) < 4.78 is 16.9. The van der Waals surface area contributed by atoms with Crippen LogP contribution in [0.3, 0.4) is 0 Å². The molecule has 0 aliphatic carbocycles. The molecule has 27 heavy (non-hydrogen) atoms. The molecule has 0 spiro atoms. The SMILES string of the molecule is Cc1c(C(=O)COB(O)F)ccc(-c2ccccc2)c1-c1ccccc1.[AsH3]. The van der Waals surface area contributed by atoms with Gasteiger partial charge in [-0.1, -0.05) is 72.8 Å². The Labute approximate surface area is 169 Å². The van der Waals surface area contributed by atoms with Crippen LogP contribution < -0.4 is 0 Å². The van der Waals surface area contributed by atoms with Gasteiger partial charge in [0.15, 0.2) is 5.78 Å². The van der Waals surface area contributed by atoms with Crippen molar-refractivity contribution < 1.29 is 18.8 Å². The van der Waals surface area contributed by atoms with Gasteiger partial charge in [-0.2, -0.15) is 0 Å². The van der Waals surface area contributed by atoms with Crippen LogP contribution in [0.15, 0.2) is 72.8 Å². The molecular formula is C21H21AsBFO3. The van der Waals surface area contributed by atoms with E-state index in [0.717, 1.165) is 27.8 Å². The van der Waals surface area contributed by atoms with Crippen LogP contribution in [0.4, 0.5) is 4.32 Å². The van der Waals surface area contributed by atoms with Crippen molar-refractivity contribution in [2.45, 2.75) is 6.92 Å². The van der Waals surface area contributed by atoms with Crippen LogP contribution in [0.5, 0.6) is 0 Å². The van der Waals surface area contributed by atoms with Crippen molar-refractivity contribution in [2.75, 3.05) is 6.61 Å². The van der Waals surface area contributed by atoms with Gasteiger partial charge in [0, 0.05) is 5.56 Å². The Balaban J connectivity index is 0.00000261. The van der Waals surface area contributed by atoms with Crippen molar-refractivity contribution in [3.05, 3.63) is 83.9 Å². The number of carbonyl (C=O) groups excluding carboxylic acids is 1. The van der Waals surface area contributed by atoms with Gasteiger partial charge in [-0.15, -0.1) is 0 Å². The average molecular weight is 426 g/mol. The summed E-state index contributed by atoms with van der Waals surface area (Å²) in [5.74, 6) is -0.379. The number of benzene rings is 3. The molecule has 3 nitrogen and oxygen atoms in total. The summed E-state index contributed by atoms with van der Waals surface area (Å²) in [5.41, 5.74) is 5.23. The van der Waals surface area contributed by atoms with Crippen LogP contribution in [0.1, 0.15) is 15.9 Å². The van der Waals surface area contributed by atoms with E-state index in [0.29, 0.717) is 5.56 Å². The van der Waals surface area contributed by atoms with Crippen molar-refractivity contribution in [3.63, 3.8) is 0 Å². The summed E-state index contributed by atoms with van der Waals surface area (Å²) in [6.07, 6.45) is 0. The number of halogens is 1. The van der Waals surface area contributed by atoms with E-state index >= 15 is 0 Å². The second kappa shape index (κ2) is 9.66. The number of hydrogen-bond donors (Lipinski definition) is 1. The summed E-state index contributed by atoms with van der Waals surface area (Å²) in [6.45, 7) is 1.35. The van der Waals surface area contributed by atoms with Gasteiger partial charge in [-0.3, -0.25) is 9.11 Å². The van der Waals surface area contributed by atoms with E-state index < -0.39 is 14.0 Å². The molecule has 3 rings (SSSR count). The third-order valence-corrected chi connectivity index (χ3v) is 4.26. The number of ketones is 1. The Bertz CT molecular complexity index is 902. The summed E-state index contributed by atoms with van der Waals surface area (Å²) >= 11 is 0. The zero-order valence-corrected chi connectivity index (χ0v) is 18.0. The number of carbonyl (C=O) groups is 1. The number of rotatable bonds is 6. The molecule has 0 bridgehead atoms. The first-order valence-electron chi connectivity index (χ1n) is 8.29. The Morgan fingerprint density at radius 3 is 2.07 bits per heavy atom. The van der Waals surface area contributed by atoms with E-state index in [4.69, 9.17) is 5.02 Å². The van der Waals surface area contributed by atoms with E-state index in [1.165, 1.54) is 0 Å². The molecule has 0 heterocycles. The van der Waals surface area contributed by atoms with Gasteiger partial charge >= 0.3 is 25.3 Å². The van der Waals surface area contributed by atoms with Gasteiger partial charge in [0.25, 0.3) is 0 Å². The van der Waals surface area contributed by atoms with Crippen LogP contribution in [0.2, 0.25) is 0 Å². The van der Waals surface area contributed by atoms with Crippen molar-refractivity contribution in [1.82, 2.24) is 0 Å². The molecule has 138 valence electrons. The first kappa shape index (κ1) is 21.1. The standard InChI is InChI=1S/C21H18BFO3.AsH3/c1-15-18(20(24)14-26-22(23)25)12-13-19(16-8-4-2-5-9-16)21(15)17-10-6-3-7-11-17;/h2-13,25H,14H2,1H3;1H3. The van der Waals surface area contributed by atoms with Crippen LogP contribution in [0, 0.1) is 6.92 Å². The molecular weight excluding hydrogens is 405 g/mol. The van der Waals surface area contributed by atoms with E-state index in [2.05, 4.69) is 4.65 Å². The molecule has 0 amide bonds. The minimum absolute atomic E-state index is 0. The van der Waals surface area contributed by atoms with E-state index in [1.807, 2.05) is 73.7 Å². The zero-order chi connectivity index (χ0) is 18.5. The van der Waals surface area contributed by atoms with Crippen molar-refractivity contribution >= 4 is 31.1 Å². The number of Topliss-reactive ketones (excluding diaryl/α,β-unsaturated/α-hetero) is 1.